The predicted molar refractivity (Wildman–Crippen MR) is 72.0 cm³/mol. The zero-order valence-corrected chi connectivity index (χ0v) is 9.77. The van der Waals surface area contributed by atoms with Crippen molar-refractivity contribution in [3.63, 3.8) is 0 Å². The fourth-order valence-electron chi connectivity index (χ4n) is 1.21. The lowest BCUT2D eigenvalue weighted by molar-refractivity contribution is 1.51. The average molecular weight is 214 g/mol. The van der Waals surface area contributed by atoms with Crippen molar-refractivity contribution in [2.24, 2.45) is 0 Å². The first-order valence-corrected chi connectivity index (χ1v) is 5.32. The number of hydrogen-bond donors (Lipinski definition) is 2. The highest BCUT2D eigenvalue weighted by Crippen LogP contribution is 2.02. The Morgan fingerprint density at radius 3 is 1.06 bits per heavy atom. The van der Waals surface area contributed by atoms with Gasteiger partial charge < -0.3 is 10.6 Å². The van der Waals surface area contributed by atoms with E-state index in [-0.39, 0.29) is 0 Å². The molecule has 0 unspecified atom stereocenters. The summed E-state index contributed by atoms with van der Waals surface area (Å²) in [5.74, 6) is 0. The van der Waals surface area contributed by atoms with Crippen LogP contribution in [0.1, 0.15) is 0 Å². The molecule has 2 aromatic rings. The normalized spacial score (nSPS) is 8.62. The fraction of sp³-hybridized carbons (Fsp3) is 0.143. The molecule has 2 nitrogen and oxygen atoms in total. The van der Waals surface area contributed by atoms with Crippen molar-refractivity contribution < 1.29 is 0 Å². The highest BCUT2D eigenvalue weighted by Gasteiger charge is 1.78. The molecule has 0 aliphatic carbocycles. The zero-order valence-electron chi connectivity index (χ0n) is 9.77. The lowest BCUT2D eigenvalue weighted by Crippen LogP contribution is -1.84. The maximum atomic E-state index is 3.03. The first kappa shape index (κ1) is 12.1. The third-order valence-corrected chi connectivity index (χ3v) is 2.12. The Bertz CT molecular complexity index is 331. The number of nitrogens with one attached hydrogen (secondary N) is 2. The summed E-state index contributed by atoms with van der Waals surface area (Å²) in [4.78, 5) is 0. The van der Waals surface area contributed by atoms with E-state index in [0.717, 1.165) is 11.4 Å². The van der Waals surface area contributed by atoms with Gasteiger partial charge in [0.25, 0.3) is 0 Å². The third kappa shape index (κ3) is 4.51. The summed E-state index contributed by atoms with van der Waals surface area (Å²) in [6.07, 6.45) is 0. The summed E-state index contributed by atoms with van der Waals surface area (Å²) in [6, 6.07) is 20.1. The first-order valence-electron chi connectivity index (χ1n) is 5.32. The van der Waals surface area contributed by atoms with Crippen LogP contribution in [0.4, 0.5) is 11.4 Å². The number of rotatable bonds is 2. The molecule has 2 aromatic carbocycles. The molecule has 0 spiro atoms. The van der Waals surface area contributed by atoms with Crippen LogP contribution < -0.4 is 10.6 Å². The van der Waals surface area contributed by atoms with E-state index < -0.39 is 0 Å². The van der Waals surface area contributed by atoms with Crippen molar-refractivity contribution in [1.82, 2.24) is 0 Å². The van der Waals surface area contributed by atoms with E-state index in [1.165, 1.54) is 0 Å². The number of benzene rings is 2. The van der Waals surface area contributed by atoms with Crippen LogP contribution in [0.15, 0.2) is 60.7 Å². The van der Waals surface area contributed by atoms with Crippen LogP contribution in [0, 0.1) is 0 Å². The zero-order chi connectivity index (χ0) is 11.6. The summed E-state index contributed by atoms with van der Waals surface area (Å²) in [7, 11) is 3.82. The molecule has 0 saturated carbocycles. The molecular formula is C14H18N2. The second-order valence-electron chi connectivity index (χ2n) is 3.23. The van der Waals surface area contributed by atoms with Crippen LogP contribution in [0.2, 0.25) is 0 Å². The number of anilines is 2. The molecular weight excluding hydrogens is 196 g/mol. The minimum atomic E-state index is 1.16. The van der Waals surface area contributed by atoms with E-state index in [0.29, 0.717) is 0 Å². The van der Waals surface area contributed by atoms with E-state index in [2.05, 4.69) is 10.6 Å². The van der Waals surface area contributed by atoms with Gasteiger partial charge in [-0.15, -0.1) is 0 Å². The van der Waals surface area contributed by atoms with Gasteiger partial charge in [0.15, 0.2) is 0 Å². The van der Waals surface area contributed by atoms with Gasteiger partial charge >= 0.3 is 0 Å². The molecule has 0 aliphatic rings. The first-order chi connectivity index (χ1) is 7.86. The molecule has 0 radical (unpaired) electrons. The van der Waals surface area contributed by atoms with Crippen LogP contribution >= 0.6 is 0 Å². The van der Waals surface area contributed by atoms with Crippen LogP contribution in [-0.4, -0.2) is 14.1 Å². The second kappa shape index (κ2) is 7.35. The minimum Gasteiger partial charge on any atom is -0.388 e. The van der Waals surface area contributed by atoms with Gasteiger partial charge in [-0.3, -0.25) is 0 Å². The predicted octanol–water partition coefficient (Wildman–Crippen LogP) is 3.46. The summed E-state index contributed by atoms with van der Waals surface area (Å²) in [6.45, 7) is 0. The highest BCUT2D eigenvalue weighted by molar-refractivity contribution is 5.41. The highest BCUT2D eigenvalue weighted by atomic mass is 14.8. The molecule has 0 aromatic heterocycles. The van der Waals surface area contributed by atoms with Gasteiger partial charge in [0.05, 0.1) is 0 Å². The van der Waals surface area contributed by atoms with Crippen molar-refractivity contribution in [3.8, 4) is 0 Å². The average Bonchev–Trinajstić information content (AvgIpc) is 2.41. The number of hydrogen-bond acceptors (Lipinski definition) is 2. The van der Waals surface area contributed by atoms with E-state index in [1.54, 1.807) is 0 Å². The quantitative estimate of drug-likeness (QED) is 0.800. The molecule has 84 valence electrons. The largest absolute Gasteiger partial charge is 0.388 e. The van der Waals surface area contributed by atoms with E-state index in [4.69, 9.17) is 0 Å². The maximum absolute atomic E-state index is 3.03. The summed E-state index contributed by atoms with van der Waals surface area (Å²) in [5.41, 5.74) is 2.32. The Kier molecular flexibility index (Phi) is 5.56. The topological polar surface area (TPSA) is 24.1 Å². The standard InChI is InChI=1S/2C7H9N/c2*1-8-7-5-3-2-4-6-7/h2*2-6,8H,1H3. The lowest BCUT2D eigenvalue weighted by Gasteiger charge is -1.94. The van der Waals surface area contributed by atoms with Crippen molar-refractivity contribution in [1.29, 1.82) is 0 Å². The van der Waals surface area contributed by atoms with Crippen LogP contribution in [0.5, 0.6) is 0 Å². The molecule has 0 amide bonds. The van der Waals surface area contributed by atoms with E-state index >= 15 is 0 Å². The van der Waals surface area contributed by atoms with Crippen LogP contribution in [-0.2, 0) is 0 Å². The molecule has 0 saturated heterocycles. The lowest BCUT2D eigenvalue weighted by atomic mass is 10.3. The fourth-order valence-corrected chi connectivity index (χ4v) is 1.21. The molecule has 0 heterocycles. The maximum Gasteiger partial charge on any atom is 0.0337 e. The molecule has 0 bridgehead atoms. The SMILES string of the molecule is CNc1ccccc1.CNc1ccccc1. The van der Waals surface area contributed by atoms with E-state index in [1.807, 2.05) is 74.8 Å². The Balaban J connectivity index is 0.000000160. The van der Waals surface area contributed by atoms with Crippen molar-refractivity contribution in [2.75, 3.05) is 24.7 Å². The summed E-state index contributed by atoms with van der Waals surface area (Å²) < 4.78 is 0. The van der Waals surface area contributed by atoms with E-state index in [9.17, 15) is 0 Å². The molecule has 2 rings (SSSR count). The Hall–Kier alpha value is -1.96. The minimum absolute atomic E-state index is 1.16. The second-order valence-corrected chi connectivity index (χ2v) is 3.23. The van der Waals surface area contributed by atoms with Crippen molar-refractivity contribution in [2.45, 2.75) is 0 Å². The molecule has 2 N–H and O–H groups in total. The van der Waals surface area contributed by atoms with Gasteiger partial charge in [-0.25, -0.2) is 0 Å². The van der Waals surface area contributed by atoms with Gasteiger partial charge in [0.1, 0.15) is 0 Å². The van der Waals surface area contributed by atoms with Crippen molar-refractivity contribution >= 4 is 11.4 Å². The molecule has 0 aliphatic heterocycles. The number of para-hydroxylation sites is 2. The summed E-state index contributed by atoms with van der Waals surface area (Å²) in [5, 5.41) is 6.05. The van der Waals surface area contributed by atoms with Gasteiger partial charge in [-0.05, 0) is 24.3 Å². The Morgan fingerprint density at radius 1 is 0.562 bits per heavy atom. The van der Waals surface area contributed by atoms with Gasteiger partial charge in [-0.2, -0.15) is 0 Å². The van der Waals surface area contributed by atoms with Gasteiger partial charge in [0.2, 0.25) is 0 Å². The molecule has 16 heavy (non-hydrogen) atoms. The van der Waals surface area contributed by atoms with Gasteiger partial charge in [-0.1, -0.05) is 36.4 Å². The monoisotopic (exact) mass is 214 g/mol. The molecule has 0 atom stereocenters. The third-order valence-electron chi connectivity index (χ3n) is 2.12. The van der Waals surface area contributed by atoms with Crippen LogP contribution in [0.25, 0.3) is 0 Å². The molecule has 2 heteroatoms. The van der Waals surface area contributed by atoms with Crippen LogP contribution in [0.3, 0.4) is 0 Å². The smallest absolute Gasteiger partial charge is 0.0337 e. The summed E-state index contributed by atoms with van der Waals surface area (Å²) >= 11 is 0. The Labute approximate surface area is 97.3 Å². The Morgan fingerprint density at radius 2 is 0.875 bits per heavy atom. The van der Waals surface area contributed by atoms with Gasteiger partial charge in [0, 0.05) is 25.5 Å². The van der Waals surface area contributed by atoms with Crippen molar-refractivity contribution in [3.05, 3.63) is 60.7 Å². The molecule has 0 fully saturated rings.